The van der Waals surface area contributed by atoms with Crippen LogP contribution in [0.15, 0.2) is 0 Å². The quantitative estimate of drug-likeness (QED) is 0.680. The van der Waals surface area contributed by atoms with Crippen LogP contribution in [0.3, 0.4) is 0 Å². The van der Waals surface area contributed by atoms with Crippen LogP contribution in [-0.4, -0.2) is 47.6 Å². The van der Waals surface area contributed by atoms with E-state index in [4.69, 9.17) is 5.11 Å². The van der Waals surface area contributed by atoms with E-state index in [1.807, 2.05) is 11.8 Å². The Morgan fingerprint density at radius 1 is 1.47 bits per heavy atom. The maximum Gasteiger partial charge on any atom is 0.303 e. The number of piperidine rings is 1. The Balaban J connectivity index is 2.12. The average molecular weight is 259 g/mol. The van der Waals surface area contributed by atoms with E-state index in [1.54, 1.807) is 0 Å². The van der Waals surface area contributed by atoms with Crippen molar-refractivity contribution in [3.05, 3.63) is 0 Å². The van der Waals surface area contributed by atoms with Gasteiger partial charge in [0.1, 0.15) is 0 Å². The van der Waals surface area contributed by atoms with Crippen LogP contribution in [0.1, 0.15) is 38.5 Å². The highest BCUT2D eigenvalue weighted by atomic mass is 32.2. The fraction of sp³-hybridized carbons (Fsp3) is 0.923. The molecule has 1 unspecified atom stereocenters. The first-order valence-corrected chi connectivity index (χ1v) is 8.05. The van der Waals surface area contributed by atoms with Crippen LogP contribution in [0, 0.1) is 5.92 Å². The van der Waals surface area contributed by atoms with E-state index in [0.29, 0.717) is 12.3 Å². The Hall–Kier alpha value is -0.220. The van der Waals surface area contributed by atoms with Crippen molar-refractivity contribution >= 4 is 17.7 Å². The normalized spacial score (nSPS) is 21.6. The largest absolute Gasteiger partial charge is 0.481 e. The van der Waals surface area contributed by atoms with Gasteiger partial charge in [0.2, 0.25) is 0 Å². The summed E-state index contributed by atoms with van der Waals surface area (Å²) in [6.07, 6.45) is 8.40. The van der Waals surface area contributed by atoms with Gasteiger partial charge in [0, 0.05) is 13.0 Å². The van der Waals surface area contributed by atoms with Gasteiger partial charge in [-0.3, -0.25) is 4.79 Å². The summed E-state index contributed by atoms with van der Waals surface area (Å²) in [7, 11) is 0. The minimum atomic E-state index is -0.651. The number of thioether (sulfide) groups is 1. The number of hydrogen-bond acceptors (Lipinski definition) is 3. The molecular formula is C13H25NO2S. The third-order valence-corrected chi connectivity index (χ3v) is 4.14. The van der Waals surface area contributed by atoms with Crippen LogP contribution in [0.2, 0.25) is 0 Å². The molecule has 0 aromatic rings. The molecule has 0 bridgehead atoms. The van der Waals surface area contributed by atoms with Gasteiger partial charge in [0.25, 0.3) is 0 Å². The first-order valence-electron chi connectivity index (χ1n) is 6.65. The Bertz CT molecular complexity index is 223. The molecule has 1 saturated heterocycles. The molecule has 1 fully saturated rings. The van der Waals surface area contributed by atoms with Crippen molar-refractivity contribution < 1.29 is 9.90 Å². The van der Waals surface area contributed by atoms with E-state index < -0.39 is 5.97 Å². The number of carbonyl (C=O) groups is 1. The lowest BCUT2D eigenvalue weighted by Gasteiger charge is -2.32. The summed E-state index contributed by atoms with van der Waals surface area (Å²) < 4.78 is 0. The van der Waals surface area contributed by atoms with Gasteiger partial charge in [0.05, 0.1) is 0 Å². The lowest BCUT2D eigenvalue weighted by molar-refractivity contribution is -0.137. The first kappa shape index (κ1) is 14.8. The zero-order valence-electron chi connectivity index (χ0n) is 10.9. The Kier molecular flexibility index (Phi) is 7.69. The fourth-order valence-corrected chi connectivity index (χ4v) is 2.99. The summed E-state index contributed by atoms with van der Waals surface area (Å²) in [5, 5.41) is 8.69. The van der Waals surface area contributed by atoms with Gasteiger partial charge in [-0.1, -0.05) is 0 Å². The van der Waals surface area contributed by atoms with E-state index in [9.17, 15) is 4.79 Å². The lowest BCUT2D eigenvalue weighted by atomic mass is 9.93. The molecule has 1 aliphatic rings. The molecule has 0 aromatic heterocycles. The molecule has 1 atom stereocenters. The maximum atomic E-state index is 10.6. The number of hydrogen-bond donors (Lipinski definition) is 1. The highest BCUT2D eigenvalue weighted by Gasteiger charge is 2.19. The molecule has 4 heteroatoms. The van der Waals surface area contributed by atoms with Crippen LogP contribution in [-0.2, 0) is 4.79 Å². The van der Waals surface area contributed by atoms with Crippen molar-refractivity contribution in [1.82, 2.24) is 4.90 Å². The second-order valence-electron chi connectivity index (χ2n) is 4.94. The van der Waals surface area contributed by atoms with Crippen molar-refractivity contribution in [3.8, 4) is 0 Å². The Labute approximate surface area is 109 Å². The van der Waals surface area contributed by atoms with Gasteiger partial charge >= 0.3 is 5.97 Å². The molecule has 1 N–H and O–H groups in total. The van der Waals surface area contributed by atoms with Crippen LogP contribution in [0.25, 0.3) is 0 Å². The number of aliphatic carboxylic acids is 1. The Morgan fingerprint density at radius 3 is 3.00 bits per heavy atom. The van der Waals surface area contributed by atoms with E-state index in [2.05, 4.69) is 11.2 Å². The number of nitrogens with zero attached hydrogens (tertiary/aromatic N) is 1. The first-order chi connectivity index (χ1) is 8.22. The smallest absolute Gasteiger partial charge is 0.303 e. The maximum absolute atomic E-state index is 10.6. The molecule has 1 rings (SSSR count). The monoisotopic (exact) mass is 259 g/mol. The number of unbranched alkanes of at least 4 members (excludes halogenated alkanes) is 1. The van der Waals surface area contributed by atoms with Gasteiger partial charge in [-0.25, -0.2) is 0 Å². The third kappa shape index (κ3) is 6.94. The summed E-state index contributed by atoms with van der Waals surface area (Å²) in [4.78, 5) is 13.1. The van der Waals surface area contributed by atoms with Crippen molar-refractivity contribution in [2.45, 2.75) is 38.5 Å². The molecule has 0 saturated carbocycles. The predicted molar refractivity (Wildman–Crippen MR) is 73.6 cm³/mol. The van der Waals surface area contributed by atoms with E-state index in [-0.39, 0.29) is 0 Å². The molecule has 0 spiro atoms. The number of rotatable bonds is 8. The number of carboxylic acids is 1. The topological polar surface area (TPSA) is 40.5 Å². The molecule has 0 aliphatic carbocycles. The van der Waals surface area contributed by atoms with E-state index in [1.165, 1.54) is 44.5 Å². The molecule has 1 heterocycles. The molecule has 17 heavy (non-hydrogen) atoms. The molecular weight excluding hydrogens is 234 g/mol. The predicted octanol–water partition coefficient (Wildman–Crippen LogP) is 2.71. The zero-order valence-corrected chi connectivity index (χ0v) is 11.7. The Morgan fingerprint density at radius 2 is 2.29 bits per heavy atom. The highest BCUT2D eigenvalue weighted by Crippen LogP contribution is 2.21. The second kappa shape index (κ2) is 8.81. The van der Waals surface area contributed by atoms with Crippen LogP contribution in [0.5, 0.6) is 0 Å². The van der Waals surface area contributed by atoms with Crippen molar-refractivity contribution in [3.63, 3.8) is 0 Å². The molecule has 100 valence electrons. The zero-order chi connectivity index (χ0) is 12.5. The number of likely N-dealkylation sites (tertiary alicyclic amines) is 1. The van der Waals surface area contributed by atoms with Gasteiger partial charge in [0.15, 0.2) is 0 Å². The van der Waals surface area contributed by atoms with Crippen molar-refractivity contribution in [2.75, 3.05) is 31.6 Å². The van der Waals surface area contributed by atoms with Gasteiger partial charge in [-0.2, -0.15) is 11.8 Å². The highest BCUT2D eigenvalue weighted by molar-refractivity contribution is 7.98. The standard InChI is InChI=1S/C13H25NO2S/c1-17-10-3-2-8-14-9-4-5-12(11-14)6-7-13(15)16/h12H,2-11H2,1H3,(H,15,16). The molecule has 0 amide bonds. The SMILES string of the molecule is CSCCCCN1CCCC(CCC(=O)O)C1. The summed E-state index contributed by atoms with van der Waals surface area (Å²) in [6.45, 7) is 3.53. The van der Waals surface area contributed by atoms with Gasteiger partial charge in [-0.05, 0) is 63.1 Å². The third-order valence-electron chi connectivity index (χ3n) is 3.44. The molecule has 0 radical (unpaired) electrons. The average Bonchev–Trinajstić information content (AvgIpc) is 2.33. The molecule has 3 nitrogen and oxygen atoms in total. The minimum Gasteiger partial charge on any atom is -0.481 e. The van der Waals surface area contributed by atoms with Gasteiger partial charge in [-0.15, -0.1) is 0 Å². The summed E-state index contributed by atoms with van der Waals surface area (Å²) in [6, 6.07) is 0. The fourth-order valence-electron chi connectivity index (χ4n) is 2.50. The number of carboxylic acid groups (broad SMARTS) is 1. The summed E-state index contributed by atoms with van der Waals surface area (Å²) >= 11 is 1.92. The van der Waals surface area contributed by atoms with Crippen LogP contribution >= 0.6 is 11.8 Å². The summed E-state index contributed by atoms with van der Waals surface area (Å²) in [5.74, 6) is 1.22. The van der Waals surface area contributed by atoms with Gasteiger partial charge < -0.3 is 10.0 Å². The van der Waals surface area contributed by atoms with Crippen LogP contribution in [0.4, 0.5) is 0 Å². The van der Waals surface area contributed by atoms with Crippen LogP contribution < -0.4 is 0 Å². The summed E-state index contributed by atoms with van der Waals surface area (Å²) in [5.41, 5.74) is 0. The minimum absolute atomic E-state index is 0.338. The lowest BCUT2D eigenvalue weighted by Crippen LogP contribution is -2.36. The molecule has 0 aromatic carbocycles. The van der Waals surface area contributed by atoms with E-state index in [0.717, 1.165) is 13.0 Å². The second-order valence-corrected chi connectivity index (χ2v) is 5.93. The molecule has 1 aliphatic heterocycles. The van der Waals surface area contributed by atoms with Crippen molar-refractivity contribution in [2.24, 2.45) is 5.92 Å². The van der Waals surface area contributed by atoms with E-state index >= 15 is 0 Å². The van der Waals surface area contributed by atoms with Crippen molar-refractivity contribution in [1.29, 1.82) is 0 Å².